The molecule has 0 bridgehead atoms. The summed E-state index contributed by atoms with van der Waals surface area (Å²) in [5, 5.41) is 0. The number of unbranched alkanes of at least 4 members (excludes halogenated alkanes) is 8. The van der Waals surface area contributed by atoms with Crippen LogP contribution in [0, 0.1) is 0 Å². The Morgan fingerprint density at radius 1 is 0.900 bits per heavy atom. The molecule has 0 aliphatic carbocycles. The summed E-state index contributed by atoms with van der Waals surface area (Å²) < 4.78 is 5.49. The van der Waals surface area contributed by atoms with Crippen LogP contribution in [-0.4, -0.2) is 19.9 Å². The van der Waals surface area contributed by atoms with Gasteiger partial charge in [-0.15, -0.1) is 15.3 Å². The van der Waals surface area contributed by atoms with Gasteiger partial charge in [-0.05, 0) is 19.4 Å². The monoisotopic (exact) mass is 362 g/mol. The molecule has 1 nitrogen and oxygen atoms in total. The van der Waals surface area contributed by atoms with Crippen molar-refractivity contribution in [1.82, 2.24) is 0 Å². The lowest BCUT2D eigenvalue weighted by molar-refractivity contribution is 0.151. The maximum absolute atomic E-state index is 5.49. The predicted molar refractivity (Wildman–Crippen MR) is 98.4 cm³/mol. The standard InChI is InChI=1S/C17H35BrOSi/c1-17(2)16-19-14-12-10-8-6-5-7-9-11-13-15-20(3,4)18/h1,5-16H2,2-4H3. The molecule has 0 aromatic rings. The Hall–Kier alpha value is 0.397. The highest BCUT2D eigenvalue weighted by Gasteiger charge is 2.14. The number of hydrogen-bond donors (Lipinski definition) is 0. The normalized spacial score (nSPS) is 11.8. The lowest BCUT2D eigenvalue weighted by Crippen LogP contribution is -2.13. The van der Waals surface area contributed by atoms with E-state index in [9.17, 15) is 0 Å². The predicted octanol–water partition coefficient (Wildman–Crippen LogP) is 6.69. The van der Waals surface area contributed by atoms with Crippen molar-refractivity contribution in [2.75, 3.05) is 13.2 Å². The zero-order chi connectivity index (χ0) is 15.3. The second-order valence-electron chi connectivity index (χ2n) is 6.66. The molecule has 0 fully saturated rings. The molecule has 0 aliphatic rings. The van der Waals surface area contributed by atoms with E-state index in [0.29, 0.717) is 0 Å². The maximum atomic E-state index is 5.49. The topological polar surface area (TPSA) is 9.23 Å². The van der Waals surface area contributed by atoms with Crippen molar-refractivity contribution >= 4 is 22.0 Å². The van der Waals surface area contributed by atoms with Gasteiger partial charge in [-0.2, -0.15) is 0 Å². The summed E-state index contributed by atoms with van der Waals surface area (Å²) in [4.78, 5) is 0. The molecule has 0 atom stereocenters. The van der Waals surface area contributed by atoms with Crippen LogP contribution in [-0.2, 0) is 4.74 Å². The molecule has 0 unspecified atom stereocenters. The maximum Gasteiger partial charge on any atom is 0.124 e. The van der Waals surface area contributed by atoms with E-state index in [2.05, 4.69) is 35.0 Å². The van der Waals surface area contributed by atoms with Gasteiger partial charge in [0, 0.05) is 6.61 Å². The number of ether oxygens (including phenoxy) is 1. The third-order valence-corrected chi connectivity index (χ3v) is 6.14. The molecule has 0 N–H and O–H groups in total. The quantitative estimate of drug-likeness (QED) is 0.145. The van der Waals surface area contributed by atoms with Crippen LogP contribution in [0.5, 0.6) is 0 Å². The van der Waals surface area contributed by atoms with Gasteiger partial charge in [0.15, 0.2) is 0 Å². The van der Waals surface area contributed by atoms with E-state index >= 15 is 0 Å². The minimum absolute atomic E-state index is 0.730. The van der Waals surface area contributed by atoms with E-state index in [-0.39, 0.29) is 0 Å². The number of rotatable bonds is 14. The average molecular weight is 363 g/mol. The molecular weight excluding hydrogens is 328 g/mol. The smallest absolute Gasteiger partial charge is 0.124 e. The fraction of sp³-hybridized carbons (Fsp3) is 0.882. The van der Waals surface area contributed by atoms with Crippen molar-refractivity contribution in [3.8, 4) is 0 Å². The van der Waals surface area contributed by atoms with Crippen LogP contribution in [0.4, 0.5) is 0 Å². The average Bonchev–Trinajstić information content (AvgIpc) is 2.33. The van der Waals surface area contributed by atoms with Gasteiger partial charge in [-0.3, -0.25) is 0 Å². The zero-order valence-electron chi connectivity index (χ0n) is 14.0. The van der Waals surface area contributed by atoms with Crippen molar-refractivity contribution in [3.63, 3.8) is 0 Å². The lowest BCUT2D eigenvalue weighted by Gasteiger charge is -2.12. The summed E-state index contributed by atoms with van der Waals surface area (Å²) in [6, 6.07) is 1.43. The highest BCUT2D eigenvalue weighted by molar-refractivity contribution is 9.26. The number of halogens is 1. The summed E-state index contributed by atoms with van der Waals surface area (Å²) >= 11 is 3.84. The van der Waals surface area contributed by atoms with Gasteiger partial charge in [0.1, 0.15) is 6.69 Å². The van der Waals surface area contributed by atoms with E-state index in [1.165, 1.54) is 63.8 Å². The molecule has 0 saturated carbocycles. The van der Waals surface area contributed by atoms with Crippen LogP contribution in [0.3, 0.4) is 0 Å². The summed E-state index contributed by atoms with van der Waals surface area (Å²) in [7, 11) is 0. The molecule has 0 aromatic carbocycles. The summed E-state index contributed by atoms with van der Waals surface area (Å²) in [5.74, 6) is 0. The van der Waals surface area contributed by atoms with Gasteiger partial charge in [-0.1, -0.05) is 76.6 Å². The molecule has 0 heterocycles. The van der Waals surface area contributed by atoms with E-state index in [1.54, 1.807) is 0 Å². The van der Waals surface area contributed by atoms with E-state index in [0.717, 1.165) is 18.8 Å². The first kappa shape index (κ1) is 20.4. The first-order valence-electron chi connectivity index (χ1n) is 8.33. The van der Waals surface area contributed by atoms with Crippen LogP contribution in [0.15, 0.2) is 12.2 Å². The minimum Gasteiger partial charge on any atom is -0.377 e. The fourth-order valence-electron chi connectivity index (χ4n) is 2.23. The first-order chi connectivity index (χ1) is 9.42. The van der Waals surface area contributed by atoms with E-state index in [4.69, 9.17) is 4.74 Å². The Balaban J connectivity index is 3.05. The van der Waals surface area contributed by atoms with Crippen molar-refractivity contribution in [1.29, 1.82) is 0 Å². The molecule has 0 radical (unpaired) electrons. The highest BCUT2D eigenvalue weighted by Crippen LogP contribution is 2.21. The van der Waals surface area contributed by atoms with E-state index < -0.39 is 6.69 Å². The van der Waals surface area contributed by atoms with Gasteiger partial charge >= 0.3 is 0 Å². The SMILES string of the molecule is C=C(C)COCCCCCCCCCCC[Si](C)(C)Br. The molecule has 0 amide bonds. The largest absolute Gasteiger partial charge is 0.377 e. The van der Waals surface area contributed by atoms with Crippen LogP contribution >= 0.6 is 15.3 Å². The lowest BCUT2D eigenvalue weighted by atomic mass is 10.1. The molecule has 0 saturated heterocycles. The van der Waals surface area contributed by atoms with Crippen molar-refractivity contribution in [2.45, 2.75) is 83.8 Å². The molecular formula is C17H35BrOSi. The summed E-state index contributed by atoms with van der Waals surface area (Å²) in [5.41, 5.74) is 1.12. The zero-order valence-corrected chi connectivity index (χ0v) is 16.6. The van der Waals surface area contributed by atoms with Crippen LogP contribution in [0.25, 0.3) is 0 Å². The van der Waals surface area contributed by atoms with E-state index in [1.807, 2.05) is 6.92 Å². The first-order valence-corrected chi connectivity index (χ1v) is 13.8. The Bertz CT molecular complexity index is 236. The van der Waals surface area contributed by atoms with Crippen LogP contribution < -0.4 is 0 Å². The van der Waals surface area contributed by atoms with Crippen molar-refractivity contribution in [2.24, 2.45) is 0 Å². The Morgan fingerprint density at radius 2 is 1.35 bits per heavy atom. The van der Waals surface area contributed by atoms with Gasteiger partial charge in [0.25, 0.3) is 0 Å². The Labute approximate surface area is 136 Å². The highest BCUT2D eigenvalue weighted by atomic mass is 79.9. The fourth-order valence-corrected chi connectivity index (χ4v) is 4.17. The third-order valence-electron chi connectivity index (χ3n) is 3.41. The van der Waals surface area contributed by atoms with Crippen LogP contribution in [0.1, 0.15) is 64.7 Å². The molecule has 20 heavy (non-hydrogen) atoms. The summed E-state index contributed by atoms with van der Waals surface area (Å²) in [6.07, 6.45) is 12.4. The summed E-state index contributed by atoms with van der Waals surface area (Å²) in [6.45, 7) is 11.3. The molecule has 0 spiro atoms. The van der Waals surface area contributed by atoms with Crippen molar-refractivity contribution < 1.29 is 4.74 Å². The molecule has 3 heteroatoms. The number of hydrogen-bond acceptors (Lipinski definition) is 1. The van der Waals surface area contributed by atoms with Gasteiger partial charge < -0.3 is 4.74 Å². The molecule has 0 aliphatic heterocycles. The molecule has 0 rings (SSSR count). The van der Waals surface area contributed by atoms with Gasteiger partial charge in [0.2, 0.25) is 0 Å². The van der Waals surface area contributed by atoms with Gasteiger partial charge in [-0.25, -0.2) is 0 Å². The third kappa shape index (κ3) is 18.4. The van der Waals surface area contributed by atoms with Crippen LogP contribution in [0.2, 0.25) is 19.1 Å². The second-order valence-corrected chi connectivity index (χ2v) is 17.0. The van der Waals surface area contributed by atoms with Crippen molar-refractivity contribution in [3.05, 3.63) is 12.2 Å². The Morgan fingerprint density at radius 3 is 1.80 bits per heavy atom. The Kier molecular flexibility index (Phi) is 13.3. The molecule has 120 valence electrons. The second kappa shape index (κ2) is 13.1. The van der Waals surface area contributed by atoms with Gasteiger partial charge in [0.05, 0.1) is 6.61 Å². The minimum atomic E-state index is -0.966. The molecule has 0 aromatic heterocycles.